The number of halogens is 3. The molecule has 0 aromatic heterocycles. The predicted octanol–water partition coefficient (Wildman–Crippen LogP) is 10.7. The normalized spacial score (nSPS) is 20.0. The van der Waals surface area contributed by atoms with Crippen molar-refractivity contribution in [3.05, 3.63) is 127 Å². The molecule has 3 atom stereocenters. The van der Waals surface area contributed by atoms with Gasteiger partial charge in [-0.2, -0.15) is 5.26 Å². The molecule has 0 saturated heterocycles. The lowest BCUT2D eigenvalue weighted by atomic mass is 9.65. The molecule has 40 heavy (non-hydrogen) atoms. The number of aryl methyl sites for hydroxylation is 1. The molecule has 0 radical (unpaired) electrons. The summed E-state index contributed by atoms with van der Waals surface area (Å²) in [6, 6.07) is 19.9. The molecule has 0 amide bonds. The molecule has 1 aliphatic carbocycles. The number of nitrogens with zero attached hydrogens (tertiary/aromatic N) is 1. The molecule has 3 unspecified atom stereocenters. The molecule has 0 saturated carbocycles. The molecule has 5 heteroatoms. The topological polar surface area (TPSA) is 23.8 Å². The number of benzene rings is 3. The summed E-state index contributed by atoms with van der Waals surface area (Å²) in [5, 5.41) is 10.3. The summed E-state index contributed by atoms with van der Waals surface area (Å²) in [6.45, 7) is 13.0. The van der Waals surface area contributed by atoms with Crippen LogP contribution >= 0.6 is 23.4 Å². The van der Waals surface area contributed by atoms with Gasteiger partial charge in [0.25, 0.3) is 0 Å². The highest BCUT2D eigenvalue weighted by Crippen LogP contribution is 2.49. The van der Waals surface area contributed by atoms with E-state index >= 15 is 0 Å². The second-order valence-corrected chi connectivity index (χ2v) is 13.0. The van der Waals surface area contributed by atoms with E-state index in [4.69, 9.17) is 11.6 Å². The SMILES string of the molecule is CC1=C(SCc2ccc(C)cc2Cl)CC(c2ccc(F)cc2)C(C)C(C(C)(C)c2ccc(F)c(C#N)c2)=CC1C. The first-order valence-corrected chi connectivity index (χ1v) is 15.0. The molecule has 1 aliphatic rings. The maximum absolute atomic E-state index is 14.2. The van der Waals surface area contributed by atoms with E-state index in [9.17, 15) is 14.0 Å². The van der Waals surface area contributed by atoms with Crippen molar-refractivity contribution in [1.29, 1.82) is 5.26 Å². The average molecular weight is 576 g/mol. The van der Waals surface area contributed by atoms with Gasteiger partial charge in [0.2, 0.25) is 0 Å². The number of hydrogen-bond acceptors (Lipinski definition) is 2. The molecule has 0 N–H and O–H groups in total. The van der Waals surface area contributed by atoms with Gasteiger partial charge in [-0.25, -0.2) is 8.78 Å². The van der Waals surface area contributed by atoms with E-state index in [1.807, 2.05) is 43.0 Å². The van der Waals surface area contributed by atoms with Crippen molar-refractivity contribution in [2.45, 2.75) is 65.0 Å². The van der Waals surface area contributed by atoms with Crippen LogP contribution in [0.3, 0.4) is 0 Å². The molecular formula is C35H36ClF2NS. The first-order valence-electron chi connectivity index (χ1n) is 13.7. The van der Waals surface area contributed by atoms with E-state index in [1.165, 1.54) is 34.3 Å². The van der Waals surface area contributed by atoms with Crippen LogP contribution in [0.2, 0.25) is 5.02 Å². The van der Waals surface area contributed by atoms with Crippen LogP contribution < -0.4 is 0 Å². The number of thioether (sulfide) groups is 1. The summed E-state index contributed by atoms with van der Waals surface area (Å²) in [7, 11) is 0. The predicted molar refractivity (Wildman–Crippen MR) is 164 cm³/mol. The average Bonchev–Trinajstić information content (AvgIpc) is 2.92. The molecule has 1 nitrogen and oxygen atoms in total. The Labute approximate surface area is 247 Å². The molecule has 0 spiro atoms. The molecule has 0 heterocycles. The highest BCUT2D eigenvalue weighted by Gasteiger charge is 2.36. The van der Waals surface area contributed by atoms with E-state index in [1.54, 1.807) is 12.1 Å². The monoisotopic (exact) mass is 575 g/mol. The van der Waals surface area contributed by atoms with Crippen molar-refractivity contribution in [3.8, 4) is 6.07 Å². The fourth-order valence-corrected chi connectivity index (χ4v) is 7.40. The Hall–Kier alpha value is -2.87. The third kappa shape index (κ3) is 6.37. The van der Waals surface area contributed by atoms with Crippen LogP contribution in [0.15, 0.2) is 82.8 Å². The van der Waals surface area contributed by atoms with Crippen LogP contribution in [0.1, 0.15) is 74.8 Å². The minimum atomic E-state index is -0.506. The maximum atomic E-state index is 14.2. The number of hydrogen-bond donors (Lipinski definition) is 0. The zero-order valence-corrected chi connectivity index (χ0v) is 25.6. The molecule has 208 valence electrons. The minimum absolute atomic E-state index is 0.0531. The van der Waals surface area contributed by atoms with E-state index < -0.39 is 11.2 Å². The lowest BCUT2D eigenvalue weighted by molar-refractivity contribution is 0.436. The summed E-state index contributed by atoms with van der Waals surface area (Å²) in [6.07, 6.45) is 3.17. The summed E-state index contributed by atoms with van der Waals surface area (Å²) < 4.78 is 28.2. The lowest BCUT2D eigenvalue weighted by Gasteiger charge is -2.40. The van der Waals surface area contributed by atoms with Crippen molar-refractivity contribution in [3.63, 3.8) is 0 Å². The van der Waals surface area contributed by atoms with Crippen LogP contribution in [0, 0.1) is 41.7 Å². The lowest BCUT2D eigenvalue weighted by Crippen LogP contribution is -2.30. The minimum Gasteiger partial charge on any atom is -0.207 e. The van der Waals surface area contributed by atoms with Gasteiger partial charge in [-0.15, -0.1) is 11.8 Å². The van der Waals surface area contributed by atoms with Crippen LogP contribution in [-0.4, -0.2) is 0 Å². The van der Waals surface area contributed by atoms with Crippen molar-refractivity contribution < 1.29 is 8.78 Å². The third-order valence-electron chi connectivity index (χ3n) is 8.49. The number of allylic oxidation sites excluding steroid dienone is 4. The van der Waals surface area contributed by atoms with Gasteiger partial charge in [0, 0.05) is 16.2 Å². The fraction of sp³-hybridized carbons (Fsp3) is 0.343. The first-order chi connectivity index (χ1) is 18.9. The van der Waals surface area contributed by atoms with Gasteiger partial charge in [0.1, 0.15) is 17.7 Å². The van der Waals surface area contributed by atoms with E-state index in [-0.39, 0.29) is 29.1 Å². The summed E-state index contributed by atoms with van der Waals surface area (Å²) >= 11 is 8.41. The Morgan fingerprint density at radius 1 is 1.00 bits per heavy atom. The van der Waals surface area contributed by atoms with Crippen molar-refractivity contribution >= 4 is 23.4 Å². The van der Waals surface area contributed by atoms with Crippen LogP contribution in [0.4, 0.5) is 8.78 Å². The van der Waals surface area contributed by atoms with Gasteiger partial charge in [-0.05, 0) is 95.5 Å². The zero-order valence-electron chi connectivity index (χ0n) is 24.0. The van der Waals surface area contributed by atoms with E-state index in [2.05, 4.69) is 52.8 Å². The number of nitriles is 1. The van der Waals surface area contributed by atoms with Gasteiger partial charge in [-0.3, -0.25) is 0 Å². The summed E-state index contributed by atoms with van der Waals surface area (Å²) in [5.41, 5.74) is 6.37. The van der Waals surface area contributed by atoms with Gasteiger partial charge >= 0.3 is 0 Å². The molecule has 0 fully saturated rings. The van der Waals surface area contributed by atoms with Crippen molar-refractivity contribution in [1.82, 2.24) is 0 Å². The Balaban J connectivity index is 1.80. The van der Waals surface area contributed by atoms with Gasteiger partial charge in [-0.1, -0.05) is 86.8 Å². The Kier molecular flexibility index (Phi) is 9.28. The summed E-state index contributed by atoms with van der Waals surface area (Å²) in [4.78, 5) is 1.33. The second kappa shape index (κ2) is 12.3. The standard InChI is InChI=1S/C35H36ClF2NS/c1-21-7-8-26(32(36)15-21)20-40-34-18-30(25-9-12-29(37)13-10-25)24(4)31(16-22(2)23(34)3)35(5,6)28-11-14-33(38)27(17-28)19-39/h7-17,22,24,30H,18,20H2,1-6H3. The summed E-state index contributed by atoms with van der Waals surface area (Å²) in [5.74, 6) is 0.395. The maximum Gasteiger partial charge on any atom is 0.140 e. The van der Waals surface area contributed by atoms with Crippen LogP contribution in [0.25, 0.3) is 0 Å². The number of rotatable bonds is 6. The Morgan fingerprint density at radius 3 is 2.35 bits per heavy atom. The smallest absolute Gasteiger partial charge is 0.140 e. The van der Waals surface area contributed by atoms with Gasteiger partial charge < -0.3 is 0 Å². The van der Waals surface area contributed by atoms with Crippen LogP contribution in [-0.2, 0) is 11.2 Å². The van der Waals surface area contributed by atoms with Crippen molar-refractivity contribution in [2.75, 3.05) is 0 Å². The van der Waals surface area contributed by atoms with E-state index in [0.717, 1.165) is 39.5 Å². The molecular weight excluding hydrogens is 540 g/mol. The molecule has 0 aliphatic heterocycles. The zero-order chi connectivity index (χ0) is 29.2. The largest absolute Gasteiger partial charge is 0.207 e. The molecule has 3 aromatic carbocycles. The first kappa shape index (κ1) is 30.1. The third-order valence-corrected chi connectivity index (χ3v) is 10.1. The fourth-order valence-electron chi connectivity index (χ4n) is 5.72. The quantitative estimate of drug-likeness (QED) is 0.273. The van der Waals surface area contributed by atoms with Crippen molar-refractivity contribution in [2.24, 2.45) is 11.8 Å². The van der Waals surface area contributed by atoms with Crippen LogP contribution in [0.5, 0.6) is 0 Å². The molecule has 3 aromatic rings. The van der Waals surface area contributed by atoms with Gasteiger partial charge in [0.05, 0.1) is 5.56 Å². The Morgan fingerprint density at radius 2 is 1.70 bits per heavy atom. The second-order valence-electron chi connectivity index (χ2n) is 11.5. The molecule has 0 bridgehead atoms. The Bertz CT molecular complexity index is 1500. The van der Waals surface area contributed by atoms with E-state index in [0.29, 0.717) is 0 Å². The highest BCUT2D eigenvalue weighted by atomic mass is 35.5. The molecule has 4 rings (SSSR count). The highest BCUT2D eigenvalue weighted by molar-refractivity contribution is 8.02. The van der Waals surface area contributed by atoms with Gasteiger partial charge in [0.15, 0.2) is 0 Å².